The van der Waals surface area contributed by atoms with Crippen molar-refractivity contribution < 1.29 is 4.74 Å². The molecule has 0 saturated carbocycles. The number of benzene rings is 1. The van der Waals surface area contributed by atoms with E-state index in [4.69, 9.17) is 4.74 Å². The zero-order valence-corrected chi connectivity index (χ0v) is 15.4. The lowest BCUT2D eigenvalue weighted by molar-refractivity contribution is 0.290. The fraction of sp³-hybridized carbons (Fsp3) is 0.421. The highest BCUT2D eigenvalue weighted by atomic mass is 16.5. The molecule has 0 spiro atoms. The van der Waals surface area contributed by atoms with Crippen molar-refractivity contribution in [3.8, 4) is 6.01 Å². The van der Waals surface area contributed by atoms with E-state index in [2.05, 4.69) is 37.3 Å². The Morgan fingerprint density at radius 1 is 1.15 bits per heavy atom. The molecule has 2 aromatic heterocycles. The molecule has 3 aromatic rings. The van der Waals surface area contributed by atoms with Crippen LogP contribution in [0.25, 0.3) is 11.2 Å². The van der Waals surface area contributed by atoms with Crippen LogP contribution in [0.1, 0.15) is 12.5 Å². The minimum Gasteiger partial charge on any atom is -0.465 e. The van der Waals surface area contributed by atoms with Crippen LogP contribution in [0.4, 0.5) is 5.95 Å². The van der Waals surface area contributed by atoms with Crippen molar-refractivity contribution in [2.45, 2.75) is 19.9 Å². The molecule has 8 nitrogen and oxygen atoms in total. The summed E-state index contributed by atoms with van der Waals surface area (Å²) >= 11 is 0. The Bertz CT molecular complexity index is 959. The van der Waals surface area contributed by atoms with E-state index < -0.39 is 0 Å². The summed E-state index contributed by atoms with van der Waals surface area (Å²) in [7, 11) is 0. The van der Waals surface area contributed by atoms with Crippen LogP contribution in [0, 0.1) is 0 Å². The van der Waals surface area contributed by atoms with E-state index in [1.807, 2.05) is 25.1 Å². The molecule has 0 bridgehead atoms. The maximum Gasteiger partial charge on any atom is 0.301 e. The monoisotopic (exact) mass is 368 g/mol. The molecule has 1 aliphatic heterocycles. The highest BCUT2D eigenvalue weighted by Gasteiger charge is 2.19. The van der Waals surface area contributed by atoms with Gasteiger partial charge in [-0.05, 0) is 18.9 Å². The molecule has 1 aromatic carbocycles. The summed E-state index contributed by atoms with van der Waals surface area (Å²) < 4.78 is 7.24. The molecule has 0 amide bonds. The molecule has 8 heteroatoms. The molecule has 1 saturated heterocycles. The molecular formula is C19H24N6O2. The van der Waals surface area contributed by atoms with Crippen LogP contribution in [0.3, 0.4) is 0 Å². The highest BCUT2D eigenvalue weighted by Crippen LogP contribution is 2.17. The van der Waals surface area contributed by atoms with Gasteiger partial charge in [-0.1, -0.05) is 30.3 Å². The summed E-state index contributed by atoms with van der Waals surface area (Å²) in [6.45, 7) is 6.32. The van der Waals surface area contributed by atoms with E-state index in [1.54, 1.807) is 4.57 Å². The SMILES string of the molecule is CCOc1nc2nc(N3CCNCC3)[nH]c2c(=O)n1CCc1ccccc1. The van der Waals surface area contributed by atoms with Crippen molar-refractivity contribution >= 4 is 17.1 Å². The van der Waals surface area contributed by atoms with E-state index in [0.29, 0.717) is 36.3 Å². The first-order valence-corrected chi connectivity index (χ1v) is 9.39. The average Bonchev–Trinajstić information content (AvgIpc) is 3.14. The van der Waals surface area contributed by atoms with Gasteiger partial charge in [0.25, 0.3) is 5.56 Å². The zero-order chi connectivity index (χ0) is 18.6. The fourth-order valence-corrected chi connectivity index (χ4v) is 3.30. The summed E-state index contributed by atoms with van der Waals surface area (Å²) in [5, 5.41) is 3.31. The maximum atomic E-state index is 13.1. The lowest BCUT2D eigenvalue weighted by Crippen LogP contribution is -2.44. The van der Waals surface area contributed by atoms with Crippen LogP contribution in [-0.2, 0) is 13.0 Å². The summed E-state index contributed by atoms with van der Waals surface area (Å²) in [6, 6.07) is 10.4. The normalized spacial score (nSPS) is 14.6. The van der Waals surface area contributed by atoms with Crippen molar-refractivity contribution in [2.24, 2.45) is 0 Å². The third-order valence-electron chi connectivity index (χ3n) is 4.72. The second-order valence-corrected chi connectivity index (χ2v) is 6.52. The maximum absolute atomic E-state index is 13.1. The number of nitrogens with one attached hydrogen (secondary N) is 2. The number of aromatic nitrogens is 4. The number of nitrogens with zero attached hydrogens (tertiary/aromatic N) is 4. The van der Waals surface area contributed by atoms with Gasteiger partial charge in [0.2, 0.25) is 5.95 Å². The molecule has 4 rings (SSSR count). The van der Waals surface area contributed by atoms with E-state index in [-0.39, 0.29) is 5.56 Å². The van der Waals surface area contributed by atoms with Gasteiger partial charge in [0, 0.05) is 32.7 Å². The third-order valence-corrected chi connectivity index (χ3v) is 4.72. The summed E-state index contributed by atoms with van der Waals surface area (Å²) in [4.78, 5) is 27.4. The smallest absolute Gasteiger partial charge is 0.301 e. The number of aromatic amines is 1. The van der Waals surface area contributed by atoms with Crippen LogP contribution < -0.4 is 20.5 Å². The molecule has 1 fully saturated rings. The Labute approximate surface area is 157 Å². The molecule has 3 heterocycles. The van der Waals surface area contributed by atoms with Crippen LogP contribution in [-0.4, -0.2) is 52.3 Å². The Kier molecular flexibility index (Phi) is 5.06. The number of imidazole rings is 1. The molecular weight excluding hydrogens is 344 g/mol. The van der Waals surface area contributed by atoms with Crippen molar-refractivity contribution in [1.82, 2.24) is 24.8 Å². The van der Waals surface area contributed by atoms with E-state index in [1.165, 1.54) is 0 Å². The molecule has 0 unspecified atom stereocenters. The first kappa shape index (κ1) is 17.5. The van der Waals surface area contributed by atoms with Crippen molar-refractivity contribution in [1.29, 1.82) is 0 Å². The number of fused-ring (bicyclic) bond motifs is 1. The number of H-pyrrole nitrogens is 1. The zero-order valence-electron chi connectivity index (χ0n) is 15.4. The van der Waals surface area contributed by atoms with Crippen LogP contribution in [0.15, 0.2) is 35.1 Å². The largest absolute Gasteiger partial charge is 0.465 e. The minimum absolute atomic E-state index is 0.145. The van der Waals surface area contributed by atoms with Gasteiger partial charge in [0.15, 0.2) is 11.2 Å². The van der Waals surface area contributed by atoms with Crippen LogP contribution >= 0.6 is 0 Å². The van der Waals surface area contributed by atoms with Gasteiger partial charge in [0.05, 0.1) is 6.61 Å². The van der Waals surface area contributed by atoms with Gasteiger partial charge in [-0.2, -0.15) is 9.97 Å². The molecule has 1 aliphatic rings. The van der Waals surface area contributed by atoms with Gasteiger partial charge >= 0.3 is 6.01 Å². The van der Waals surface area contributed by atoms with E-state index in [9.17, 15) is 4.79 Å². The number of anilines is 1. The van der Waals surface area contributed by atoms with Gasteiger partial charge in [-0.3, -0.25) is 9.36 Å². The van der Waals surface area contributed by atoms with Crippen LogP contribution in [0.2, 0.25) is 0 Å². The molecule has 142 valence electrons. The number of piperazine rings is 1. The Morgan fingerprint density at radius 2 is 1.93 bits per heavy atom. The van der Waals surface area contributed by atoms with E-state index >= 15 is 0 Å². The highest BCUT2D eigenvalue weighted by molar-refractivity contribution is 5.73. The molecule has 2 N–H and O–H groups in total. The summed E-state index contributed by atoms with van der Waals surface area (Å²) in [6.07, 6.45) is 0.729. The van der Waals surface area contributed by atoms with Crippen LogP contribution in [0.5, 0.6) is 6.01 Å². The topological polar surface area (TPSA) is 88.1 Å². The van der Waals surface area contributed by atoms with Crippen molar-refractivity contribution in [3.05, 3.63) is 46.2 Å². The third kappa shape index (κ3) is 3.66. The second kappa shape index (κ2) is 7.79. The van der Waals surface area contributed by atoms with Crippen molar-refractivity contribution in [2.75, 3.05) is 37.7 Å². The number of aryl methyl sites for hydroxylation is 1. The quantitative estimate of drug-likeness (QED) is 0.679. The molecule has 27 heavy (non-hydrogen) atoms. The average molecular weight is 368 g/mol. The first-order chi connectivity index (χ1) is 13.3. The molecule has 0 radical (unpaired) electrons. The Morgan fingerprint density at radius 3 is 2.67 bits per heavy atom. The van der Waals surface area contributed by atoms with Gasteiger partial charge < -0.3 is 19.9 Å². The number of hydrogen-bond donors (Lipinski definition) is 2. The summed E-state index contributed by atoms with van der Waals surface area (Å²) in [5.41, 5.74) is 1.86. The van der Waals surface area contributed by atoms with Gasteiger partial charge in [-0.25, -0.2) is 0 Å². The van der Waals surface area contributed by atoms with Gasteiger partial charge in [0.1, 0.15) is 0 Å². The first-order valence-electron chi connectivity index (χ1n) is 9.39. The predicted molar refractivity (Wildman–Crippen MR) is 105 cm³/mol. The molecule has 0 atom stereocenters. The minimum atomic E-state index is -0.145. The van der Waals surface area contributed by atoms with Crippen molar-refractivity contribution in [3.63, 3.8) is 0 Å². The number of ether oxygens (including phenoxy) is 1. The molecule has 0 aliphatic carbocycles. The second-order valence-electron chi connectivity index (χ2n) is 6.52. The predicted octanol–water partition coefficient (Wildman–Crippen LogP) is 1.17. The van der Waals surface area contributed by atoms with E-state index in [0.717, 1.165) is 38.2 Å². The number of hydrogen-bond acceptors (Lipinski definition) is 6. The Hall–Kier alpha value is -2.87. The summed E-state index contributed by atoms with van der Waals surface area (Å²) in [5.74, 6) is 0.694. The lowest BCUT2D eigenvalue weighted by Gasteiger charge is -2.26. The standard InChI is InChI=1S/C19H24N6O2/c1-2-27-19-23-16-15(21-18(22-16)24-12-9-20-10-13-24)17(26)25(19)11-8-14-6-4-3-5-7-14/h3-7,20H,2,8-13H2,1H3,(H,21,22). The Balaban J connectivity index is 1.69. The fourth-order valence-electron chi connectivity index (χ4n) is 3.30. The number of rotatable bonds is 6. The van der Waals surface area contributed by atoms with Gasteiger partial charge in [-0.15, -0.1) is 0 Å². The lowest BCUT2D eigenvalue weighted by atomic mass is 10.1.